The molecule has 18 heavy (non-hydrogen) atoms. The molecule has 0 saturated heterocycles. The highest BCUT2D eigenvalue weighted by atomic mass is 16.1. The highest BCUT2D eigenvalue weighted by Crippen LogP contribution is 2.42. The van der Waals surface area contributed by atoms with Gasteiger partial charge in [0, 0.05) is 5.92 Å². The van der Waals surface area contributed by atoms with Crippen LogP contribution < -0.4 is 0 Å². The first-order valence-corrected chi connectivity index (χ1v) is 8.24. The summed E-state index contributed by atoms with van der Waals surface area (Å²) in [5, 5.41) is 0. The van der Waals surface area contributed by atoms with Gasteiger partial charge in [-0.1, -0.05) is 65.2 Å². The molecule has 0 amide bonds. The standard InChI is InChI=1S/C17H32O/c1-3-17(4-2)14-12-10-8-6-5-7-9-11-13-16(17)15-18/h15-16H,3-14H2,1-2H3. The molecule has 1 rings (SSSR count). The lowest BCUT2D eigenvalue weighted by atomic mass is 9.67. The molecule has 1 aliphatic carbocycles. The molecule has 0 radical (unpaired) electrons. The van der Waals surface area contributed by atoms with Gasteiger partial charge in [-0.05, 0) is 31.1 Å². The summed E-state index contributed by atoms with van der Waals surface area (Å²) >= 11 is 0. The molecule has 0 N–H and O–H groups in total. The smallest absolute Gasteiger partial charge is 0.123 e. The third-order valence-corrected chi connectivity index (χ3v) is 5.30. The van der Waals surface area contributed by atoms with E-state index in [1.807, 2.05) is 0 Å². The molecule has 1 unspecified atom stereocenters. The molecule has 0 aliphatic heterocycles. The molecule has 0 bridgehead atoms. The first-order chi connectivity index (χ1) is 8.79. The van der Waals surface area contributed by atoms with Crippen molar-refractivity contribution in [3.05, 3.63) is 0 Å². The number of rotatable bonds is 3. The highest BCUT2D eigenvalue weighted by molar-refractivity contribution is 5.55. The Bertz CT molecular complexity index is 218. The van der Waals surface area contributed by atoms with E-state index in [4.69, 9.17) is 0 Å². The maximum Gasteiger partial charge on any atom is 0.123 e. The largest absolute Gasteiger partial charge is 0.303 e. The van der Waals surface area contributed by atoms with Crippen LogP contribution in [0, 0.1) is 11.3 Å². The second kappa shape index (κ2) is 8.72. The Hall–Kier alpha value is -0.330. The third kappa shape index (κ3) is 4.40. The molecule has 0 aromatic rings. The molecule has 1 heteroatoms. The van der Waals surface area contributed by atoms with E-state index in [2.05, 4.69) is 13.8 Å². The van der Waals surface area contributed by atoms with Crippen molar-refractivity contribution >= 4 is 6.29 Å². The Morgan fingerprint density at radius 2 is 1.39 bits per heavy atom. The average Bonchev–Trinajstić information content (AvgIpc) is 2.40. The first kappa shape index (κ1) is 15.7. The second-order valence-electron chi connectivity index (χ2n) is 6.18. The summed E-state index contributed by atoms with van der Waals surface area (Å²) < 4.78 is 0. The van der Waals surface area contributed by atoms with E-state index in [1.165, 1.54) is 76.9 Å². The van der Waals surface area contributed by atoms with Gasteiger partial charge in [-0.25, -0.2) is 0 Å². The van der Waals surface area contributed by atoms with Gasteiger partial charge in [0.05, 0.1) is 0 Å². The fourth-order valence-electron chi connectivity index (χ4n) is 3.73. The minimum Gasteiger partial charge on any atom is -0.303 e. The van der Waals surface area contributed by atoms with Gasteiger partial charge < -0.3 is 4.79 Å². The number of carbonyl (C=O) groups excluding carboxylic acids is 1. The van der Waals surface area contributed by atoms with Crippen molar-refractivity contribution in [3.63, 3.8) is 0 Å². The minimum absolute atomic E-state index is 0.306. The summed E-state index contributed by atoms with van der Waals surface area (Å²) in [5.41, 5.74) is 0.306. The van der Waals surface area contributed by atoms with Crippen molar-refractivity contribution in [2.75, 3.05) is 0 Å². The van der Waals surface area contributed by atoms with Crippen molar-refractivity contribution in [3.8, 4) is 0 Å². The third-order valence-electron chi connectivity index (χ3n) is 5.30. The Labute approximate surface area is 114 Å². The number of hydrogen-bond acceptors (Lipinski definition) is 1. The molecule has 1 atom stereocenters. The van der Waals surface area contributed by atoms with E-state index in [1.54, 1.807) is 0 Å². The van der Waals surface area contributed by atoms with Crippen LogP contribution in [0.2, 0.25) is 0 Å². The van der Waals surface area contributed by atoms with E-state index >= 15 is 0 Å². The molecular formula is C17H32O. The monoisotopic (exact) mass is 252 g/mol. The van der Waals surface area contributed by atoms with Crippen molar-refractivity contribution in [1.29, 1.82) is 0 Å². The van der Waals surface area contributed by atoms with Crippen LogP contribution in [0.3, 0.4) is 0 Å². The lowest BCUT2D eigenvalue weighted by Gasteiger charge is -2.37. The minimum atomic E-state index is 0.306. The molecule has 1 saturated carbocycles. The molecule has 1 fully saturated rings. The van der Waals surface area contributed by atoms with Crippen LogP contribution in [-0.2, 0) is 4.79 Å². The molecule has 106 valence electrons. The Kier molecular flexibility index (Phi) is 7.62. The molecule has 0 spiro atoms. The maximum atomic E-state index is 11.5. The number of aldehydes is 1. The first-order valence-electron chi connectivity index (χ1n) is 8.24. The van der Waals surface area contributed by atoms with Crippen molar-refractivity contribution in [2.45, 2.75) is 90.9 Å². The van der Waals surface area contributed by atoms with Gasteiger partial charge in [-0.2, -0.15) is 0 Å². The summed E-state index contributed by atoms with van der Waals surface area (Å²) in [6.45, 7) is 4.57. The van der Waals surface area contributed by atoms with Gasteiger partial charge in [0.1, 0.15) is 6.29 Å². The molecule has 0 heterocycles. The van der Waals surface area contributed by atoms with E-state index < -0.39 is 0 Å². The van der Waals surface area contributed by atoms with Crippen LogP contribution in [0.5, 0.6) is 0 Å². The van der Waals surface area contributed by atoms with Crippen molar-refractivity contribution in [2.24, 2.45) is 11.3 Å². The summed E-state index contributed by atoms with van der Waals surface area (Å²) in [4.78, 5) is 11.5. The average molecular weight is 252 g/mol. The zero-order chi connectivity index (χ0) is 13.3. The Morgan fingerprint density at radius 3 is 1.89 bits per heavy atom. The fraction of sp³-hybridized carbons (Fsp3) is 0.941. The summed E-state index contributed by atoms with van der Waals surface area (Å²) in [6, 6.07) is 0. The van der Waals surface area contributed by atoms with Gasteiger partial charge in [-0.15, -0.1) is 0 Å². The van der Waals surface area contributed by atoms with Crippen LogP contribution in [0.25, 0.3) is 0 Å². The van der Waals surface area contributed by atoms with Gasteiger partial charge in [0.15, 0.2) is 0 Å². The van der Waals surface area contributed by atoms with Crippen LogP contribution >= 0.6 is 0 Å². The van der Waals surface area contributed by atoms with E-state index in [0.29, 0.717) is 11.3 Å². The zero-order valence-electron chi connectivity index (χ0n) is 12.5. The van der Waals surface area contributed by atoms with E-state index in [-0.39, 0.29) is 0 Å². The molecular weight excluding hydrogens is 220 g/mol. The van der Waals surface area contributed by atoms with Gasteiger partial charge in [-0.3, -0.25) is 0 Å². The topological polar surface area (TPSA) is 17.1 Å². The van der Waals surface area contributed by atoms with Crippen LogP contribution in [-0.4, -0.2) is 6.29 Å². The van der Waals surface area contributed by atoms with Crippen molar-refractivity contribution < 1.29 is 4.79 Å². The fourth-order valence-corrected chi connectivity index (χ4v) is 3.73. The van der Waals surface area contributed by atoms with Gasteiger partial charge in [0.25, 0.3) is 0 Å². The lowest BCUT2D eigenvalue weighted by molar-refractivity contribution is -0.116. The molecule has 1 nitrogen and oxygen atoms in total. The summed E-state index contributed by atoms with van der Waals surface area (Å²) in [5.74, 6) is 0.312. The Morgan fingerprint density at radius 1 is 0.889 bits per heavy atom. The predicted octanol–water partition coefficient (Wildman–Crippen LogP) is 5.52. The molecule has 0 aromatic carbocycles. The zero-order valence-corrected chi connectivity index (χ0v) is 12.5. The van der Waals surface area contributed by atoms with E-state index in [0.717, 1.165) is 6.42 Å². The number of carbonyl (C=O) groups is 1. The van der Waals surface area contributed by atoms with E-state index in [9.17, 15) is 4.79 Å². The quantitative estimate of drug-likeness (QED) is 0.604. The normalized spacial score (nSPS) is 26.9. The maximum absolute atomic E-state index is 11.5. The van der Waals surface area contributed by atoms with Crippen LogP contribution in [0.4, 0.5) is 0 Å². The van der Waals surface area contributed by atoms with Crippen LogP contribution in [0.15, 0.2) is 0 Å². The van der Waals surface area contributed by atoms with Gasteiger partial charge >= 0.3 is 0 Å². The van der Waals surface area contributed by atoms with Crippen molar-refractivity contribution in [1.82, 2.24) is 0 Å². The SMILES string of the molecule is CCC1(CC)CCCCCCCCCCC1C=O. The highest BCUT2D eigenvalue weighted by Gasteiger charge is 2.34. The van der Waals surface area contributed by atoms with Crippen LogP contribution in [0.1, 0.15) is 90.9 Å². The Balaban J connectivity index is 2.68. The molecule has 1 aliphatic rings. The second-order valence-corrected chi connectivity index (χ2v) is 6.18. The lowest BCUT2D eigenvalue weighted by Crippen LogP contribution is -2.31. The summed E-state index contributed by atoms with van der Waals surface area (Å²) in [6.07, 6.45) is 16.9. The predicted molar refractivity (Wildman–Crippen MR) is 78.7 cm³/mol. The molecule has 0 aromatic heterocycles. The number of hydrogen-bond donors (Lipinski definition) is 0. The van der Waals surface area contributed by atoms with Gasteiger partial charge in [0.2, 0.25) is 0 Å². The summed E-state index contributed by atoms with van der Waals surface area (Å²) in [7, 11) is 0.